The van der Waals surface area contributed by atoms with Crippen LogP contribution < -0.4 is 4.74 Å². The quantitative estimate of drug-likeness (QED) is 0.315. The number of carboxylic acids is 1. The zero-order valence-corrected chi connectivity index (χ0v) is 25.1. The number of pyridine rings is 1. The Kier molecular flexibility index (Phi) is 9.42. The van der Waals surface area contributed by atoms with E-state index < -0.39 is 41.6 Å². The number of nitrogens with zero attached hydrogens (tertiary/aromatic N) is 2. The van der Waals surface area contributed by atoms with Gasteiger partial charge in [0.1, 0.15) is 12.6 Å². The molecule has 2 fully saturated rings. The van der Waals surface area contributed by atoms with Gasteiger partial charge in [-0.05, 0) is 52.8 Å². The Morgan fingerprint density at radius 1 is 1.22 bits per heavy atom. The smallest absolute Gasteiger partial charge is 0.411 e. The number of aliphatic carboxylic acids is 1. The largest absolute Gasteiger partial charge is 0.481 e. The molecular formula is C33H44N2O6. The van der Waals surface area contributed by atoms with Crippen LogP contribution in [0.3, 0.4) is 0 Å². The molecule has 0 bridgehead atoms. The molecule has 1 saturated carbocycles. The van der Waals surface area contributed by atoms with Crippen LogP contribution in [-0.2, 0) is 20.9 Å². The number of likely N-dealkylation sites (tertiary alicyclic amines) is 1. The minimum Gasteiger partial charge on any atom is -0.481 e. The Bertz CT molecular complexity index is 1250. The number of amides is 1. The fraction of sp³-hybridized carbons (Fsp3) is 0.545. The van der Waals surface area contributed by atoms with Crippen molar-refractivity contribution in [1.29, 1.82) is 0 Å². The molecule has 8 nitrogen and oxygen atoms in total. The molecule has 8 heteroatoms. The summed E-state index contributed by atoms with van der Waals surface area (Å²) in [6, 6.07) is 8.11. The minimum absolute atomic E-state index is 0.0250. The summed E-state index contributed by atoms with van der Waals surface area (Å²) in [6.07, 6.45) is 5.49. The van der Waals surface area contributed by atoms with Crippen LogP contribution in [0, 0.1) is 11.3 Å². The highest BCUT2D eigenvalue weighted by Gasteiger charge is 2.59. The molecule has 1 amide bonds. The van der Waals surface area contributed by atoms with E-state index in [1.54, 1.807) is 7.11 Å². The third kappa shape index (κ3) is 6.27. The summed E-state index contributed by atoms with van der Waals surface area (Å²) in [5, 5.41) is 10.6. The number of carbonyl (C=O) groups is 2. The van der Waals surface area contributed by atoms with Crippen molar-refractivity contribution in [3.05, 3.63) is 71.4 Å². The van der Waals surface area contributed by atoms with Crippen molar-refractivity contribution < 1.29 is 28.9 Å². The van der Waals surface area contributed by atoms with Gasteiger partial charge < -0.3 is 19.3 Å². The van der Waals surface area contributed by atoms with E-state index in [4.69, 9.17) is 14.2 Å². The van der Waals surface area contributed by atoms with E-state index in [0.717, 1.165) is 35.1 Å². The van der Waals surface area contributed by atoms with Crippen LogP contribution in [0.15, 0.2) is 49.2 Å². The van der Waals surface area contributed by atoms with Gasteiger partial charge in [0.05, 0.1) is 25.9 Å². The maximum Gasteiger partial charge on any atom is 0.411 e. The maximum absolute atomic E-state index is 13.6. The van der Waals surface area contributed by atoms with Crippen LogP contribution in [0.4, 0.5) is 4.79 Å². The van der Waals surface area contributed by atoms with Crippen LogP contribution >= 0.6 is 0 Å². The summed E-state index contributed by atoms with van der Waals surface area (Å²) < 4.78 is 17.9. The van der Waals surface area contributed by atoms with E-state index in [2.05, 4.69) is 31.5 Å². The first kappa shape index (κ1) is 30.6. The SMILES string of the molecule is C=CCOC(=O)N1[C@H](C(=O)O)[C@@H](C(C)(C)C)[C@H](OCc2cc(C3CCC3)cnc2OC)[C@@H]1c1ccccc1C(C)C. The number of ether oxygens (including phenoxy) is 3. The van der Waals surface area contributed by atoms with Crippen LogP contribution in [0.5, 0.6) is 5.88 Å². The molecule has 1 N–H and O–H groups in total. The molecule has 1 aliphatic heterocycles. The molecular weight excluding hydrogens is 520 g/mol. The molecule has 0 unspecified atom stereocenters. The van der Waals surface area contributed by atoms with Gasteiger partial charge in [-0.15, -0.1) is 0 Å². The topological polar surface area (TPSA) is 98.2 Å². The number of rotatable bonds is 10. The second-order valence-electron chi connectivity index (χ2n) is 12.5. The Morgan fingerprint density at radius 3 is 2.49 bits per heavy atom. The van der Waals surface area contributed by atoms with Crippen molar-refractivity contribution in [2.24, 2.45) is 11.3 Å². The molecule has 1 aromatic carbocycles. The Hall–Kier alpha value is -3.39. The summed E-state index contributed by atoms with van der Waals surface area (Å²) >= 11 is 0. The first-order valence-electron chi connectivity index (χ1n) is 14.5. The average molecular weight is 565 g/mol. The van der Waals surface area contributed by atoms with E-state index in [1.807, 2.05) is 51.2 Å². The number of hydrogen-bond donors (Lipinski definition) is 1. The lowest BCUT2D eigenvalue weighted by Crippen LogP contribution is -2.47. The number of benzene rings is 1. The number of carboxylic acid groups (broad SMARTS) is 1. The summed E-state index contributed by atoms with van der Waals surface area (Å²) in [7, 11) is 1.59. The summed E-state index contributed by atoms with van der Waals surface area (Å²) in [6.45, 7) is 13.9. The lowest BCUT2D eigenvalue weighted by Gasteiger charge is -2.35. The summed E-state index contributed by atoms with van der Waals surface area (Å²) in [5.41, 5.74) is 3.32. The van der Waals surface area contributed by atoms with Gasteiger partial charge in [0.15, 0.2) is 0 Å². The van der Waals surface area contributed by atoms with Crippen molar-refractivity contribution in [2.75, 3.05) is 13.7 Å². The van der Waals surface area contributed by atoms with E-state index in [0.29, 0.717) is 11.8 Å². The first-order valence-corrected chi connectivity index (χ1v) is 14.5. The minimum atomic E-state index is -1.16. The van der Waals surface area contributed by atoms with Crippen LogP contribution in [0.2, 0.25) is 0 Å². The van der Waals surface area contributed by atoms with Gasteiger partial charge in [0, 0.05) is 17.7 Å². The molecule has 2 heterocycles. The molecule has 2 aliphatic rings. The molecule has 222 valence electrons. The fourth-order valence-corrected chi connectivity index (χ4v) is 6.33. The van der Waals surface area contributed by atoms with Crippen molar-refractivity contribution in [3.63, 3.8) is 0 Å². The highest BCUT2D eigenvalue weighted by Crippen LogP contribution is 2.51. The number of carbonyl (C=O) groups excluding carboxylic acids is 1. The van der Waals surface area contributed by atoms with Gasteiger partial charge in [0.25, 0.3) is 0 Å². The van der Waals surface area contributed by atoms with E-state index >= 15 is 0 Å². The highest BCUT2D eigenvalue weighted by molar-refractivity contribution is 5.82. The highest BCUT2D eigenvalue weighted by atomic mass is 16.6. The lowest BCUT2D eigenvalue weighted by molar-refractivity contribution is -0.145. The molecule has 1 saturated heterocycles. The Morgan fingerprint density at radius 2 is 1.93 bits per heavy atom. The standard InChI is InChI=1S/C33H44N2O6/c1-8-16-40-32(38)35-27(25-15-10-9-14-24(25)20(2)3)29(26(33(4,5)6)28(35)31(36)37)41-19-23-17-22(21-12-11-13-21)18-34-30(23)39-7/h8-10,14-15,17-18,20-21,26-29H,1,11-13,16,19H2,2-7H3,(H,36,37)/t26-,27+,28+,29+/m1/s1. The first-order chi connectivity index (χ1) is 19.5. The van der Waals surface area contributed by atoms with Gasteiger partial charge in [0.2, 0.25) is 5.88 Å². The van der Waals surface area contributed by atoms with Gasteiger partial charge in [-0.2, -0.15) is 0 Å². The molecule has 4 atom stereocenters. The van der Waals surface area contributed by atoms with Crippen LogP contribution in [0.1, 0.15) is 94.0 Å². The molecule has 4 rings (SSSR count). The van der Waals surface area contributed by atoms with E-state index in [1.165, 1.54) is 17.4 Å². The Balaban J connectivity index is 1.84. The molecule has 0 spiro atoms. The van der Waals surface area contributed by atoms with Gasteiger partial charge in [-0.25, -0.2) is 14.6 Å². The predicted octanol–water partition coefficient (Wildman–Crippen LogP) is 6.86. The normalized spacial score (nSPS) is 22.9. The van der Waals surface area contributed by atoms with Crippen molar-refractivity contribution in [3.8, 4) is 5.88 Å². The van der Waals surface area contributed by atoms with Crippen molar-refractivity contribution in [2.45, 2.75) is 90.5 Å². The number of aromatic nitrogens is 1. The molecule has 1 aliphatic carbocycles. The number of hydrogen-bond acceptors (Lipinski definition) is 6. The van der Waals surface area contributed by atoms with E-state index in [9.17, 15) is 14.7 Å². The van der Waals surface area contributed by atoms with Gasteiger partial charge in [-0.1, -0.05) is 78.0 Å². The van der Waals surface area contributed by atoms with Gasteiger partial charge >= 0.3 is 12.1 Å². The number of methoxy groups -OCH3 is 1. The third-order valence-electron chi connectivity index (χ3n) is 8.48. The fourth-order valence-electron chi connectivity index (χ4n) is 6.33. The summed E-state index contributed by atoms with van der Waals surface area (Å²) in [4.78, 5) is 32.6. The average Bonchev–Trinajstić information content (AvgIpc) is 3.25. The second-order valence-corrected chi connectivity index (χ2v) is 12.5. The lowest BCUT2D eigenvalue weighted by atomic mass is 9.73. The molecule has 1 aromatic heterocycles. The Labute approximate surface area is 243 Å². The van der Waals surface area contributed by atoms with Crippen LogP contribution in [-0.4, -0.2) is 52.9 Å². The zero-order chi connectivity index (χ0) is 29.9. The van der Waals surface area contributed by atoms with E-state index in [-0.39, 0.29) is 19.1 Å². The zero-order valence-electron chi connectivity index (χ0n) is 25.1. The second kappa shape index (κ2) is 12.6. The molecule has 0 radical (unpaired) electrons. The predicted molar refractivity (Wildman–Crippen MR) is 157 cm³/mol. The molecule has 41 heavy (non-hydrogen) atoms. The molecule has 2 aromatic rings. The van der Waals surface area contributed by atoms with Crippen molar-refractivity contribution in [1.82, 2.24) is 9.88 Å². The maximum atomic E-state index is 13.6. The van der Waals surface area contributed by atoms with Crippen LogP contribution in [0.25, 0.3) is 0 Å². The van der Waals surface area contributed by atoms with Crippen molar-refractivity contribution >= 4 is 12.1 Å². The summed E-state index contributed by atoms with van der Waals surface area (Å²) in [5.74, 6) is -0.536. The third-order valence-corrected chi connectivity index (χ3v) is 8.48. The monoisotopic (exact) mass is 564 g/mol. The van der Waals surface area contributed by atoms with Gasteiger partial charge in [-0.3, -0.25) is 4.90 Å².